The van der Waals surface area contributed by atoms with Gasteiger partial charge in [-0.1, -0.05) is 11.6 Å². The summed E-state index contributed by atoms with van der Waals surface area (Å²) in [5, 5.41) is 9.66. The lowest BCUT2D eigenvalue weighted by Crippen LogP contribution is -2.30. The summed E-state index contributed by atoms with van der Waals surface area (Å²) >= 11 is 6.30. The molecule has 2 aromatic heterocycles. The van der Waals surface area contributed by atoms with Gasteiger partial charge in [-0.05, 0) is 49.5 Å². The normalized spacial score (nSPS) is 10.8. The first-order valence-electron chi connectivity index (χ1n) is 10.1. The molecule has 0 aliphatic carbocycles. The Hall–Kier alpha value is -3.62. The van der Waals surface area contributed by atoms with Crippen molar-refractivity contribution in [3.63, 3.8) is 0 Å². The number of anilines is 2. The van der Waals surface area contributed by atoms with E-state index in [4.69, 9.17) is 16.3 Å². The van der Waals surface area contributed by atoms with Crippen molar-refractivity contribution in [1.82, 2.24) is 25.0 Å². The van der Waals surface area contributed by atoms with Crippen LogP contribution < -0.4 is 20.7 Å². The minimum absolute atomic E-state index is 0.108. The molecule has 0 atom stereocenters. The van der Waals surface area contributed by atoms with Gasteiger partial charge in [0.15, 0.2) is 11.5 Å². The molecule has 164 valence electrons. The standard InChI is InChI=1S/C23H23ClN6O2/c1-25-9-10-27-23(31)15-3-6-17(7-4-15)29-21-22-28-14-19(30(22)12-11-26-21)16-5-8-20(32-2)18(24)13-16/h3-8,11-14,25H,9-10H2,1-2H3,(H,26,29)(H,27,31). The average Bonchev–Trinajstić information content (AvgIpc) is 3.25. The first kappa shape index (κ1) is 21.6. The van der Waals surface area contributed by atoms with Crippen LogP contribution in [0.15, 0.2) is 61.1 Å². The Morgan fingerprint density at radius 3 is 2.66 bits per heavy atom. The zero-order chi connectivity index (χ0) is 22.5. The largest absolute Gasteiger partial charge is 0.495 e. The molecule has 2 heterocycles. The molecule has 2 aromatic carbocycles. The van der Waals surface area contributed by atoms with Crippen LogP contribution in [-0.4, -0.2) is 47.5 Å². The molecule has 4 rings (SSSR count). The molecule has 3 N–H and O–H groups in total. The zero-order valence-electron chi connectivity index (χ0n) is 17.7. The minimum Gasteiger partial charge on any atom is -0.495 e. The van der Waals surface area contributed by atoms with Crippen molar-refractivity contribution in [3.05, 3.63) is 71.6 Å². The third-order valence-electron chi connectivity index (χ3n) is 4.95. The van der Waals surface area contributed by atoms with Crippen LogP contribution in [0.3, 0.4) is 0 Å². The summed E-state index contributed by atoms with van der Waals surface area (Å²) in [5.41, 5.74) is 3.85. The average molecular weight is 451 g/mol. The highest BCUT2D eigenvalue weighted by atomic mass is 35.5. The molecular weight excluding hydrogens is 428 g/mol. The number of nitrogens with one attached hydrogen (secondary N) is 3. The van der Waals surface area contributed by atoms with E-state index in [0.717, 1.165) is 23.5 Å². The van der Waals surface area contributed by atoms with E-state index >= 15 is 0 Å². The van der Waals surface area contributed by atoms with Gasteiger partial charge in [-0.2, -0.15) is 0 Å². The molecule has 0 spiro atoms. The second kappa shape index (κ2) is 9.67. The summed E-state index contributed by atoms with van der Waals surface area (Å²) in [6.45, 7) is 1.29. The van der Waals surface area contributed by atoms with Gasteiger partial charge in [-0.15, -0.1) is 0 Å². The quantitative estimate of drug-likeness (QED) is 0.354. The van der Waals surface area contributed by atoms with Crippen molar-refractivity contribution in [1.29, 1.82) is 0 Å². The number of nitrogens with zero attached hydrogens (tertiary/aromatic N) is 3. The number of aromatic nitrogens is 3. The fourth-order valence-corrected chi connectivity index (χ4v) is 3.55. The van der Waals surface area contributed by atoms with Crippen molar-refractivity contribution in [2.24, 2.45) is 0 Å². The Kier molecular flexibility index (Phi) is 6.53. The lowest BCUT2D eigenvalue weighted by molar-refractivity contribution is 0.0954. The third kappa shape index (κ3) is 4.51. The molecule has 9 heteroatoms. The predicted octanol–water partition coefficient (Wildman–Crippen LogP) is 3.75. The van der Waals surface area contributed by atoms with E-state index in [-0.39, 0.29) is 5.91 Å². The number of imidazole rings is 1. The van der Waals surface area contributed by atoms with E-state index in [9.17, 15) is 4.79 Å². The van der Waals surface area contributed by atoms with E-state index in [1.165, 1.54) is 0 Å². The SMILES string of the molecule is CNCCNC(=O)c1ccc(Nc2nccn3c(-c4ccc(OC)c(Cl)c4)cnc23)cc1. The van der Waals surface area contributed by atoms with Crippen LogP contribution in [0.25, 0.3) is 16.9 Å². The van der Waals surface area contributed by atoms with E-state index < -0.39 is 0 Å². The van der Waals surface area contributed by atoms with Crippen LogP contribution in [0.4, 0.5) is 11.5 Å². The monoisotopic (exact) mass is 450 g/mol. The molecule has 0 saturated carbocycles. The van der Waals surface area contributed by atoms with Crippen molar-refractivity contribution in [3.8, 4) is 17.0 Å². The number of halogens is 1. The first-order chi connectivity index (χ1) is 15.6. The van der Waals surface area contributed by atoms with E-state index in [1.807, 2.05) is 48.0 Å². The van der Waals surface area contributed by atoms with E-state index in [0.29, 0.717) is 34.3 Å². The number of ether oxygens (including phenoxy) is 1. The molecule has 0 radical (unpaired) electrons. The molecule has 0 aliphatic rings. The number of amides is 1. The van der Waals surface area contributed by atoms with E-state index in [1.54, 1.807) is 31.6 Å². The van der Waals surface area contributed by atoms with E-state index in [2.05, 4.69) is 25.9 Å². The number of fused-ring (bicyclic) bond motifs is 1. The maximum Gasteiger partial charge on any atom is 0.251 e. The van der Waals surface area contributed by atoms with Crippen molar-refractivity contribution >= 4 is 34.7 Å². The van der Waals surface area contributed by atoms with Gasteiger partial charge in [0.1, 0.15) is 5.75 Å². The number of methoxy groups -OCH3 is 1. The van der Waals surface area contributed by atoms with Gasteiger partial charge in [-0.25, -0.2) is 9.97 Å². The molecule has 1 amide bonds. The summed E-state index contributed by atoms with van der Waals surface area (Å²) in [6, 6.07) is 12.8. The Bertz CT molecular complexity index is 1240. The first-order valence-corrected chi connectivity index (χ1v) is 10.4. The molecule has 32 heavy (non-hydrogen) atoms. The Labute approximate surface area is 190 Å². The second-order valence-electron chi connectivity index (χ2n) is 7.02. The third-order valence-corrected chi connectivity index (χ3v) is 5.24. The Balaban J connectivity index is 1.56. The smallest absolute Gasteiger partial charge is 0.251 e. The summed E-state index contributed by atoms with van der Waals surface area (Å²) in [6.07, 6.45) is 5.33. The molecule has 0 bridgehead atoms. The lowest BCUT2D eigenvalue weighted by Gasteiger charge is -2.10. The van der Waals surface area contributed by atoms with Crippen LogP contribution >= 0.6 is 11.6 Å². The number of carbonyl (C=O) groups is 1. The molecular formula is C23H23ClN6O2. The Morgan fingerprint density at radius 1 is 1.12 bits per heavy atom. The highest BCUT2D eigenvalue weighted by Gasteiger charge is 2.13. The van der Waals surface area contributed by atoms with Crippen molar-refractivity contribution in [2.45, 2.75) is 0 Å². The fourth-order valence-electron chi connectivity index (χ4n) is 3.29. The van der Waals surface area contributed by atoms with Gasteiger partial charge in [-0.3, -0.25) is 9.20 Å². The number of carbonyl (C=O) groups excluding carboxylic acids is 1. The van der Waals surface area contributed by atoms with Gasteiger partial charge in [0.25, 0.3) is 5.91 Å². The summed E-state index contributed by atoms with van der Waals surface area (Å²) in [7, 11) is 3.43. The maximum absolute atomic E-state index is 12.2. The molecule has 0 unspecified atom stereocenters. The summed E-state index contributed by atoms with van der Waals surface area (Å²) in [4.78, 5) is 21.1. The molecule has 0 fully saturated rings. The summed E-state index contributed by atoms with van der Waals surface area (Å²) in [5.74, 6) is 1.11. The van der Waals surface area contributed by atoms with Crippen molar-refractivity contribution < 1.29 is 9.53 Å². The predicted molar refractivity (Wildman–Crippen MR) is 126 cm³/mol. The zero-order valence-corrected chi connectivity index (χ0v) is 18.5. The highest BCUT2D eigenvalue weighted by molar-refractivity contribution is 6.32. The molecule has 0 aliphatic heterocycles. The van der Waals surface area contributed by atoms with Crippen LogP contribution in [-0.2, 0) is 0 Å². The maximum atomic E-state index is 12.2. The molecule has 0 saturated heterocycles. The Morgan fingerprint density at radius 2 is 1.94 bits per heavy atom. The number of benzene rings is 2. The van der Waals surface area contributed by atoms with Gasteiger partial charge in [0, 0.05) is 42.3 Å². The van der Waals surface area contributed by atoms with Crippen LogP contribution in [0.2, 0.25) is 5.02 Å². The van der Waals surface area contributed by atoms with Gasteiger partial charge in [0.2, 0.25) is 0 Å². The van der Waals surface area contributed by atoms with Gasteiger partial charge < -0.3 is 20.7 Å². The van der Waals surface area contributed by atoms with Crippen LogP contribution in [0.1, 0.15) is 10.4 Å². The number of hydrogen-bond donors (Lipinski definition) is 3. The number of hydrogen-bond acceptors (Lipinski definition) is 6. The van der Waals surface area contributed by atoms with Crippen LogP contribution in [0.5, 0.6) is 5.75 Å². The van der Waals surface area contributed by atoms with Crippen molar-refractivity contribution in [2.75, 3.05) is 32.6 Å². The highest BCUT2D eigenvalue weighted by Crippen LogP contribution is 2.31. The molecule has 4 aromatic rings. The van der Waals surface area contributed by atoms with Crippen LogP contribution in [0, 0.1) is 0 Å². The minimum atomic E-state index is -0.108. The van der Waals surface area contributed by atoms with Gasteiger partial charge in [0.05, 0.1) is 24.0 Å². The fraction of sp³-hybridized carbons (Fsp3) is 0.174. The number of rotatable bonds is 8. The lowest BCUT2D eigenvalue weighted by atomic mass is 10.1. The summed E-state index contributed by atoms with van der Waals surface area (Å²) < 4.78 is 7.18. The number of likely N-dealkylation sites (N-methyl/N-ethyl adjacent to an activating group) is 1. The van der Waals surface area contributed by atoms with Gasteiger partial charge >= 0.3 is 0 Å². The second-order valence-corrected chi connectivity index (χ2v) is 7.43. The topological polar surface area (TPSA) is 92.6 Å². The molecule has 8 nitrogen and oxygen atoms in total.